The highest BCUT2D eigenvalue weighted by Crippen LogP contribution is 2.27. The number of alkyl halides is 1. The van der Waals surface area contributed by atoms with Crippen LogP contribution in [-0.2, 0) is 11.2 Å². The summed E-state index contributed by atoms with van der Waals surface area (Å²) in [7, 11) is 0. The van der Waals surface area contributed by atoms with Crippen LogP contribution < -0.4 is 0 Å². The SMILES string of the molecule is CC1CCOC1C(Cl)Cc1ncc[nH]1. The third kappa shape index (κ3) is 2.10. The van der Waals surface area contributed by atoms with Crippen LogP contribution in [0.1, 0.15) is 19.2 Å². The average molecular weight is 215 g/mol. The predicted octanol–water partition coefficient (Wildman–Crippen LogP) is 1.98. The summed E-state index contributed by atoms with van der Waals surface area (Å²) in [4.78, 5) is 7.21. The molecule has 3 nitrogen and oxygen atoms in total. The molecular formula is C10H15ClN2O. The van der Waals surface area contributed by atoms with Gasteiger partial charge in [-0.15, -0.1) is 11.6 Å². The Morgan fingerprint density at radius 3 is 3.21 bits per heavy atom. The molecular weight excluding hydrogens is 200 g/mol. The molecule has 0 aliphatic carbocycles. The van der Waals surface area contributed by atoms with Crippen molar-refractivity contribution in [3.8, 4) is 0 Å². The molecule has 1 fully saturated rings. The lowest BCUT2D eigenvalue weighted by Gasteiger charge is -2.19. The van der Waals surface area contributed by atoms with Crippen molar-refractivity contribution >= 4 is 11.6 Å². The summed E-state index contributed by atoms with van der Waals surface area (Å²) in [6, 6.07) is 0. The van der Waals surface area contributed by atoms with Crippen LogP contribution in [0.25, 0.3) is 0 Å². The summed E-state index contributed by atoms with van der Waals surface area (Å²) in [5.74, 6) is 1.50. The third-order valence-electron chi connectivity index (χ3n) is 2.74. The minimum Gasteiger partial charge on any atom is -0.376 e. The summed E-state index contributed by atoms with van der Waals surface area (Å²) in [6.07, 6.45) is 5.62. The van der Waals surface area contributed by atoms with Crippen molar-refractivity contribution < 1.29 is 4.74 Å². The summed E-state index contributed by atoms with van der Waals surface area (Å²) >= 11 is 6.29. The molecule has 1 saturated heterocycles. The van der Waals surface area contributed by atoms with Gasteiger partial charge in [-0.05, 0) is 12.3 Å². The number of H-pyrrole nitrogens is 1. The summed E-state index contributed by atoms with van der Waals surface area (Å²) in [5, 5.41) is 0.0265. The zero-order valence-corrected chi connectivity index (χ0v) is 9.00. The van der Waals surface area contributed by atoms with Gasteiger partial charge in [0.1, 0.15) is 5.82 Å². The fraction of sp³-hybridized carbons (Fsp3) is 0.700. The highest BCUT2D eigenvalue weighted by molar-refractivity contribution is 6.21. The maximum absolute atomic E-state index is 6.29. The van der Waals surface area contributed by atoms with E-state index in [0.29, 0.717) is 5.92 Å². The molecule has 0 amide bonds. The number of aromatic nitrogens is 2. The maximum atomic E-state index is 6.29. The van der Waals surface area contributed by atoms with Gasteiger partial charge in [0.2, 0.25) is 0 Å². The molecule has 2 rings (SSSR count). The van der Waals surface area contributed by atoms with E-state index in [9.17, 15) is 0 Å². The molecule has 1 N–H and O–H groups in total. The first-order chi connectivity index (χ1) is 6.77. The number of halogens is 1. The zero-order chi connectivity index (χ0) is 9.97. The molecule has 1 aliphatic heterocycles. The largest absolute Gasteiger partial charge is 0.376 e. The average Bonchev–Trinajstić information content (AvgIpc) is 2.75. The van der Waals surface area contributed by atoms with Crippen molar-refractivity contribution in [2.24, 2.45) is 5.92 Å². The van der Waals surface area contributed by atoms with Crippen LogP contribution in [0.4, 0.5) is 0 Å². The van der Waals surface area contributed by atoms with Crippen LogP contribution >= 0.6 is 11.6 Å². The summed E-state index contributed by atoms with van der Waals surface area (Å²) in [5.41, 5.74) is 0. The number of hydrogen-bond acceptors (Lipinski definition) is 2. The Bertz CT molecular complexity index is 276. The molecule has 14 heavy (non-hydrogen) atoms. The Morgan fingerprint density at radius 2 is 2.64 bits per heavy atom. The molecule has 0 spiro atoms. The van der Waals surface area contributed by atoms with Gasteiger partial charge < -0.3 is 9.72 Å². The van der Waals surface area contributed by atoms with Crippen molar-refractivity contribution in [1.29, 1.82) is 0 Å². The van der Waals surface area contributed by atoms with Crippen molar-refractivity contribution in [1.82, 2.24) is 9.97 Å². The maximum Gasteiger partial charge on any atom is 0.107 e. The minimum atomic E-state index is 0.0265. The van der Waals surface area contributed by atoms with E-state index in [2.05, 4.69) is 16.9 Å². The molecule has 1 aromatic rings. The van der Waals surface area contributed by atoms with E-state index in [4.69, 9.17) is 16.3 Å². The smallest absolute Gasteiger partial charge is 0.107 e. The van der Waals surface area contributed by atoms with Crippen molar-refractivity contribution in [3.05, 3.63) is 18.2 Å². The molecule has 3 atom stereocenters. The number of imidazole rings is 1. The zero-order valence-electron chi connectivity index (χ0n) is 8.24. The van der Waals surface area contributed by atoms with Gasteiger partial charge in [-0.3, -0.25) is 0 Å². The number of hydrogen-bond donors (Lipinski definition) is 1. The molecule has 0 aromatic carbocycles. The lowest BCUT2D eigenvalue weighted by molar-refractivity contribution is 0.0899. The lowest BCUT2D eigenvalue weighted by Crippen LogP contribution is -2.27. The van der Waals surface area contributed by atoms with E-state index >= 15 is 0 Å². The van der Waals surface area contributed by atoms with E-state index in [-0.39, 0.29) is 11.5 Å². The molecule has 0 bridgehead atoms. The topological polar surface area (TPSA) is 37.9 Å². The number of aromatic amines is 1. The second-order valence-electron chi connectivity index (χ2n) is 3.86. The van der Waals surface area contributed by atoms with Crippen LogP contribution in [0.15, 0.2) is 12.4 Å². The Morgan fingerprint density at radius 1 is 1.79 bits per heavy atom. The van der Waals surface area contributed by atoms with E-state index in [1.807, 2.05) is 6.20 Å². The second kappa shape index (κ2) is 4.32. The fourth-order valence-corrected chi connectivity index (χ4v) is 2.36. The van der Waals surface area contributed by atoms with Crippen molar-refractivity contribution in [2.45, 2.75) is 31.2 Å². The Balaban J connectivity index is 1.92. The fourth-order valence-electron chi connectivity index (χ4n) is 1.89. The van der Waals surface area contributed by atoms with E-state index in [1.54, 1.807) is 6.20 Å². The van der Waals surface area contributed by atoms with Gasteiger partial charge in [-0.2, -0.15) is 0 Å². The van der Waals surface area contributed by atoms with Gasteiger partial charge in [-0.25, -0.2) is 4.98 Å². The Hall–Kier alpha value is -0.540. The molecule has 2 heterocycles. The molecule has 0 radical (unpaired) electrons. The second-order valence-corrected chi connectivity index (χ2v) is 4.42. The molecule has 0 saturated carbocycles. The molecule has 1 aromatic heterocycles. The van der Waals surface area contributed by atoms with E-state index in [0.717, 1.165) is 25.3 Å². The number of ether oxygens (including phenoxy) is 1. The molecule has 78 valence electrons. The first-order valence-electron chi connectivity index (χ1n) is 5.01. The van der Waals surface area contributed by atoms with Crippen LogP contribution in [0.3, 0.4) is 0 Å². The van der Waals surface area contributed by atoms with Crippen molar-refractivity contribution in [2.75, 3.05) is 6.61 Å². The Labute approximate surface area is 88.8 Å². The Kier molecular flexibility index (Phi) is 3.08. The van der Waals surface area contributed by atoms with Crippen LogP contribution in [0, 0.1) is 5.92 Å². The van der Waals surface area contributed by atoms with Crippen LogP contribution in [-0.4, -0.2) is 28.1 Å². The minimum absolute atomic E-state index is 0.0265. The first kappa shape index (κ1) is 9.99. The standard InChI is InChI=1S/C10H15ClN2O/c1-7-2-5-14-10(7)8(11)6-9-12-3-4-13-9/h3-4,7-8,10H,2,5-6H2,1H3,(H,12,13). The van der Waals surface area contributed by atoms with Gasteiger partial charge in [0.15, 0.2) is 0 Å². The van der Waals surface area contributed by atoms with Crippen LogP contribution in [0.5, 0.6) is 0 Å². The molecule has 4 heteroatoms. The highest BCUT2D eigenvalue weighted by atomic mass is 35.5. The molecule has 1 aliphatic rings. The van der Waals surface area contributed by atoms with Gasteiger partial charge in [-0.1, -0.05) is 6.92 Å². The molecule has 3 unspecified atom stereocenters. The lowest BCUT2D eigenvalue weighted by atomic mass is 9.99. The quantitative estimate of drug-likeness (QED) is 0.782. The monoisotopic (exact) mass is 214 g/mol. The number of rotatable bonds is 3. The first-order valence-corrected chi connectivity index (χ1v) is 5.45. The van der Waals surface area contributed by atoms with Gasteiger partial charge >= 0.3 is 0 Å². The summed E-state index contributed by atoms with van der Waals surface area (Å²) < 4.78 is 5.60. The van der Waals surface area contributed by atoms with Crippen molar-refractivity contribution in [3.63, 3.8) is 0 Å². The van der Waals surface area contributed by atoms with E-state index < -0.39 is 0 Å². The predicted molar refractivity (Wildman–Crippen MR) is 55.5 cm³/mol. The van der Waals surface area contributed by atoms with Crippen LogP contribution in [0.2, 0.25) is 0 Å². The number of nitrogens with one attached hydrogen (secondary N) is 1. The van der Waals surface area contributed by atoms with Gasteiger partial charge in [0.05, 0.1) is 11.5 Å². The summed E-state index contributed by atoms with van der Waals surface area (Å²) in [6.45, 7) is 3.03. The normalized spacial score (nSPS) is 29.3. The van der Waals surface area contributed by atoms with Gasteiger partial charge in [0.25, 0.3) is 0 Å². The number of nitrogens with zero attached hydrogens (tertiary/aromatic N) is 1. The van der Waals surface area contributed by atoms with Gasteiger partial charge in [0, 0.05) is 25.4 Å². The van der Waals surface area contributed by atoms with E-state index in [1.165, 1.54) is 0 Å². The highest BCUT2D eigenvalue weighted by Gasteiger charge is 2.31. The third-order valence-corrected chi connectivity index (χ3v) is 3.15.